The lowest BCUT2D eigenvalue weighted by Crippen LogP contribution is -2.53. The third kappa shape index (κ3) is 9.14. The maximum atomic E-state index is 14.1. The van der Waals surface area contributed by atoms with Crippen molar-refractivity contribution in [1.29, 1.82) is 0 Å². The highest BCUT2D eigenvalue weighted by molar-refractivity contribution is 7.92. The molecule has 7 nitrogen and oxygen atoms in total. The number of nitrogens with zero attached hydrogens (tertiary/aromatic N) is 2. The van der Waals surface area contributed by atoms with Crippen LogP contribution < -0.4 is 9.62 Å². The SMILES string of the molecule is CCCNC(=O)[C@H](Cc1ccccc1)N(Cc1ccc(Cl)cc1Cl)C(=O)CN(c1cc(Cl)c(Cl)cc1Cl)S(C)(=O)=O. The van der Waals surface area contributed by atoms with E-state index < -0.39 is 34.4 Å². The summed E-state index contributed by atoms with van der Waals surface area (Å²) in [5, 5.41) is 3.70. The van der Waals surface area contributed by atoms with Crippen LogP contribution in [0.1, 0.15) is 24.5 Å². The maximum Gasteiger partial charge on any atom is 0.244 e. The van der Waals surface area contributed by atoms with Crippen molar-refractivity contribution in [3.05, 3.63) is 96.9 Å². The van der Waals surface area contributed by atoms with Crippen molar-refractivity contribution >= 4 is 85.5 Å². The summed E-state index contributed by atoms with van der Waals surface area (Å²) in [5.74, 6) is -1.07. The number of anilines is 1. The fraction of sp³-hybridized carbons (Fsp3) is 0.286. The highest BCUT2D eigenvalue weighted by Crippen LogP contribution is 2.36. The molecule has 0 saturated carbocycles. The molecule has 0 fully saturated rings. The molecule has 1 N–H and O–H groups in total. The molecule has 0 unspecified atom stereocenters. The summed E-state index contributed by atoms with van der Waals surface area (Å²) in [5.41, 5.74) is 1.29. The predicted molar refractivity (Wildman–Crippen MR) is 168 cm³/mol. The van der Waals surface area contributed by atoms with Gasteiger partial charge in [0.1, 0.15) is 12.6 Å². The van der Waals surface area contributed by atoms with E-state index in [0.717, 1.165) is 16.1 Å². The lowest BCUT2D eigenvalue weighted by Gasteiger charge is -2.34. The van der Waals surface area contributed by atoms with Gasteiger partial charge in [-0.1, -0.05) is 101 Å². The molecule has 3 aromatic rings. The molecule has 3 rings (SSSR count). The van der Waals surface area contributed by atoms with Crippen molar-refractivity contribution in [2.45, 2.75) is 32.4 Å². The van der Waals surface area contributed by atoms with Gasteiger partial charge in [-0.25, -0.2) is 8.42 Å². The number of nitrogens with one attached hydrogen (secondary N) is 1. The van der Waals surface area contributed by atoms with E-state index in [1.54, 1.807) is 12.1 Å². The van der Waals surface area contributed by atoms with Crippen LogP contribution in [-0.2, 0) is 32.6 Å². The maximum absolute atomic E-state index is 14.1. The Morgan fingerprint density at radius 3 is 2.15 bits per heavy atom. The molecule has 3 aromatic carbocycles. The van der Waals surface area contributed by atoms with Crippen LogP contribution in [0.3, 0.4) is 0 Å². The molecule has 41 heavy (non-hydrogen) atoms. The van der Waals surface area contributed by atoms with Gasteiger partial charge >= 0.3 is 0 Å². The number of rotatable bonds is 12. The predicted octanol–water partition coefficient (Wildman–Crippen LogP) is 6.89. The molecule has 0 aliphatic rings. The Morgan fingerprint density at radius 2 is 1.54 bits per heavy atom. The first-order chi connectivity index (χ1) is 19.3. The largest absolute Gasteiger partial charge is 0.354 e. The standard InChI is InChI=1S/C28H28Cl5N3O4S/c1-3-11-34-28(38)26(12-18-7-5-4-6-8-18)35(16-19-9-10-20(29)13-21(19)30)27(37)17-36(41(2,39)40)25-15-23(32)22(31)14-24(25)33/h4-10,13-15,26H,3,11-12,16-17H2,1-2H3,(H,34,38)/t26-/m0/s1. The first-order valence-electron chi connectivity index (χ1n) is 12.5. The fourth-order valence-electron chi connectivity index (χ4n) is 4.05. The van der Waals surface area contributed by atoms with Gasteiger partial charge in [0.15, 0.2) is 0 Å². The monoisotopic (exact) mass is 677 g/mol. The minimum atomic E-state index is -4.05. The molecule has 0 spiro atoms. The molecular formula is C28H28Cl5N3O4S. The number of hydrogen-bond donors (Lipinski definition) is 1. The summed E-state index contributed by atoms with van der Waals surface area (Å²) < 4.78 is 26.7. The summed E-state index contributed by atoms with van der Waals surface area (Å²) >= 11 is 31.1. The van der Waals surface area contributed by atoms with Gasteiger partial charge in [-0.3, -0.25) is 13.9 Å². The van der Waals surface area contributed by atoms with E-state index in [-0.39, 0.29) is 38.7 Å². The molecule has 0 bridgehead atoms. The third-order valence-corrected chi connectivity index (χ3v) is 8.85. The van der Waals surface area contributed by atoms with E-state index in [0.29, 0.717) is 23.6 Å². The Morgan fingerprint density at radius 1 is 0.878 bits per heavy atom. The number of amides is 2. The summed E-state index contributed by atoms with van der Waals surface area (Å²) in [6.45, 7) is 1.53. The zero-order chi connectivity index (χ0) is 30.3. The minimum absolute atomic E-state index is 0.0218. The van der Waals surface area contributed by atoms with E-state index in [1.165, 1.54) is 23.1 Å². The van der Waals surface area contributed by atoms with E-state index in [2.05, 4.69) is 5.32 Å². The van der Waals surface area contributed by atoms with E-state index in [4.69, 9.17) is 58.0 Å². The normalized spacial score (nSPS) is 12.1. The van der Waals surface area contributed by atoms with Crippen LogP contribution in [0.15, 0.2) is 60.7 Å². The number of halogens is 5. The number of carbonyl (C=O) groups excluding carboxylic acids is 2. The van der Waals surface area contributed by atoms with Gasteiger partial charge in [0.05, 0.1) is 27.0 Å². The molecule has 0 aliphatic heterocycles. The van der Waals surface area contributed by atoms with Gasteiger partial charge in [0.2, 0.25) is 21.8 Å². The van der Waals surface area contributed by atoms with Gasteiger partial charge in [-0.2, -0.15) is 0 Å². The van der Waals surface area contributed by atoms with Crippen LogP contribution in [0.2, 0.25) is 25.1 Å². The van der Waals surface area contributed by atoms with E-state index in [1.807, 2.05) is 37.3 Å². The molecule has 2 amide bonds. The Hall–Kier alpha value is -2.20. The molecule has 0 aliphatic carbocycles. The zero-order valence-corrected chi connectivity index (χ0v) is 26.8. The van der Waals surface area contributed by atoms with Gasteiger partial charge in [-0.05, 0) is 41.8 Å². The second-order valence-electron chi connectivity index (χ2n) is 9.24. The van der Waals surface area contributed by atoms with Crippen LogP contribution in [0, 0.1) is 0 Å². The molecule has 0 aromatic heterocycles. The topological polar surface area (TPSA) is 86.8 Å². The highest BCUT2D eigenvalue weighted by Gasteiger charge is 2.34. The lowest BCUT2D eigenvalue weighted by molar-refractivity contribution is -0.140. The average molecular weight is 680 g/mol. The van der Waals surface area contributed by atoms with Crippen LogP contribution >= 0.6 is 58.0 Å². The number of sulfonamides is 1. The van der Waals surface area contributed by atoms with Crippen LogP contribution in [-0.4, -0.2) is 50.5 Å². The fourth-order valence-corrected chi connectivity index (χ4v) is 6.07. The van der Waals surface area contributed by atoms with Crippen molar-refractivity contribution in [1.82, 2.24) is 10.2 Å². The lowest BCUT2D eigenvalue weighted by atomic mass is 10.0. The Labute approximate surface area is 265 Å². The average Bonchev–Trinajstić information content (AvgIpc) is 2.91. The van der Waals surface area contributed by atoms with Crippen molar-refractivity contribution in [3.63, 3.8) is 0 Å². The summed E-state index contributed by atoms with van der Waals surface area (Å²) in [6.07, 6.45) is 1.78. The zero-order valence-electron chi connectivity index (χ0n) is 22.2. The highest BCUT2D eigenvalue weighted by atomic mass is 35.5. The van der Waals surface area contributed by atoms with Gasteiger partial charge < -0.3 is 10.2 Å². The third-order valence-electron chi connectivity index (χ3n) is 6.11. The molecule has 1 atom stereocenters. The second-order valence-corrected chi connectivity index (χ2v) is 13.2. The summed E-state index contributed by atoms with van der Waals surface area (Å²) in [4.78, 5) is 28.9. The molecule has 0 heterocycles. The van der Waals surface area contributed by atoms with Crippen molar-refractivity contribution < 1.29 is 18.0 Å². The van der Waals surface area contributed by atoms with E-state index in [9.17, 15) is 18.0 Å². The van der Waals surface area contributed by atoms with Crippen LogP contribution in [0.25, 0.3) is 0 Å². The Balaban J connectivity index is 2.11. The van der Waals surface area contributed by atoms with Gasteiger partial charge in [-0.15, -0.1) is 0 Å². The second kappa shape index (κ2) is 14.8. The van der Waals surface area contributed by atoms with Crippen LogP contribution in [0.5, 0.6) is 0 Å². The van der Waals surface area contributed by atoms with Crippen molar-refractivity contribution in [3.8, 4) is 0 Å². The van der Waals surface area contributed by atoms with Crippen LogP contribution in [0.4, 0.5) is 5.69 Å². The Bertz CT molecular complexity index is 1510. The van der Waals surface area contributed by atoms with Gasteiger partial charge in [0.25, 0.3) is 0 Å². The smallest absolute Gasteiger partial charge is 0.244 e. The summed E-state index contributed by atoms with van der Waals surface area (Å²) in [6, 6.07) is 15.6. The molecule has 13 heteroatoms. The molecular weight excluding hydrogens is 652 g/mol. The minimum Gasteiger partial charge on any atom is -0.354 e. The van der Waals surface area contributed by atoms with E-state index >= 15 is 0 Å². The first kappa shape index (κ1) is 33.3. The quantitative estimate of drug-likeness (QED) is 0.212. The number of carbonyl (C=O) groups is 2. The Kier molecular flexibility index (Phi) is 12.0. The molecule has 0 saturated heterocycles. The van der Waals surface area contributed by atoms with Crippen molar-refractivity contribution in [2.75, 3.05) is 23.7 Å². The van der Waals surface area contributed by atoms with Crippen molar-refractivity contribution in [2.24, 2.45) is 0 Å². The van der Waals surface area contributed by atoms with Gasteiger partial charge in [0, 0.05) is 29.6 Å². The molecule has 0 radical (unpaired) electrons. The number of benzene rings is 3. The summed E-state index contributed by atoms with van der Waals surface area (Å²) in [7, 11) is -4.05. The first-order valence-corrected chi connectivity index (χ1v) is 16.2. The number of hydrogen-bond acceptors (Lipinski definition) is 4. The molecule has 220 valence electrons.